The van der Waals surface area contributed by atoms with Crippen molar-refractivity contribution in [1.82, 2.24) is 10.4 Å². The van der Waals surface area contributed by atoms with E-state index in [1.54, 1.807) is 0 Å². The van der Waals surface area contributed by atoms with E-state index in [1.807, 2.05) is 0 Å². The van der Waals surface area contributed by atoms with E-state index in [1.165, 1.54) is 5.01 Å². The molecule has 86 valence electrons. The number of carbonyl (C=O) groups is 2. The van der Waals surface area contributed by atoms with Crippen LogP contribution in [-0.2, 0) is 9.59 Å². The van der Waals surface area contributed by atoms with Gasteiger partial charge in [-0.1, -0.05) is 0 Å². The average molecular weight is 232 g/mol. The van der Waals surface area contributed by atoms with Crippen LogP contribution in [0.1, 0.15) is 25.7 Å². The molecule has 0 aromatic rings. The third kappa shape index (κ3) is 3.71. The predicted octanol–water partition coefficient (Wildman–Crippen LogP) is 0.277. The number of amides is 1. The number of carbonyl (C=O) groups excluding carboxylic acids is 1. The first-order chi connectivity index (χ1) is 7.15. The average Bonchev–Trinajstić information content (AvgIpc) is 2.18. The first-order valence-corrected chi connectivity index (χ1v) is 5.68. The van der Waals surface area contributed by atoms with Gasteiger partial charge in [0.1, 0.15) is 6.04 Å². The number of carboxylic acid groups (broad SMARTS) is 1. The molecule has 5 nitrogen and oxygen atoms in total. The summed E-state index contributed by atoms with van der Waals surface area (Å²) in [5, 5.41) is 10.5. The molecule has 1 atom stereocenters. The highest BCUT2D eigenvalue weighted by molar-refractivity contribution is 7.80. The summed E-state index contributed by atoms with van der Waals surface area (Å²) in [5.74, 6) is -0.573. The monoisotopic (exact) mass is 232 g/mol. The zero-order valence-corrected chi connectivity index (χ0v) is 9.37. The lowest BCUT2D eigenvalue weighted by molar-refractivity contribution is -0.148. The first-order valence-electron chi connectivity index (χ1n) is 5.05. The van der Waals surface area contributed by atoms with Gasteiger partial charge in [-0.15, -0.1) is 0 Å². The molecule has 6 heteroatoms. The van der Waals surface area contributed by atoms with Gasteiger partial charge in [0, 0.05) is 13.0 Å². The second-order valence-corrected chi connectivity index (χ2v) is 4.00. The Morgan fingerprint density at radius 2 is 2.20 bits per heavy atom. The molecular weight excluding hydrogens is 216 g/mol. The molecule has 1 rings (SSSR count). The highest BCUT2D eigenvalue weighted by Gasteiger charge is 2.29. The number of aliphatic carboxylic acids is 1. The topological polar surface area (TPSA) is 69.6 Å². The van der Waals surface area contributed by atoms with Crippen LogP contribution in [0.15, 0.2) is 0 Å². The Morgan fingerprint density at radius 1 is 1.47 bits per heavy atom. The summed E-state index contributed by atoms with van der Waals surface area (Å²) in [6.07, 6.45) is 2.73. The van der Waals surface area contributed by atoms with Gasteiger partial charge >= 0.3 is 5.97 Å². The number of nitrogens with one attached hydrogen (secondary N) is 1. The summed E-state index contributed by atoms with van der Waals surface area (Å²) in [7, 11) is 0. The van der Waals surface area contributed by atoms with Gasteiger partial charge in [-0.2, -0.15) is 12.6 Å². The van der Waals surface area contributed by atoms with E-state index in [2.05, 4.69) is 18.1 Å². The molecule has 0 aromatic carbocycles. The van der Waals surface area contributed by atoms with Crippen LogP contribution in [0.2, 0.25) is 0 Å². The number of rotatable bonds is 4. The van der Waals surface area contributed by atoms with Crippen molar-refractivity contribution >= 4 is 24.5 Å². The van der Waals surface area contributed by atoms with Crippen LogP contribution >= 0.6 is 12.6 Å². The largest absolute Gasteiger partial charge is 0.480 e. The Morgan fingerprint density at radius 3 is 2.80 bits per heavy atom. The maximum absolute atomic E-state index is 11.3. The number of carboxylic acids is 1. The highest BCUT2D eigenvalue weighted by Crippen LogP contribution is 2.14. The number of thiol groups is 1. The number of piperidine rings is 1. The molecule has 15 heavy (non-hydrogen) atoms. The van der Waals surface area contributed by atoms with Crippen molar-refractivity contribution < 1.29 is 14.7 Å². The minimum absolute atomic E-state index is 0.168. The fourth-order valence-electron chi connectivity index (χ4n) is 1.64. The van der Waals surface area contributed by atoms with Crippen molar-refractivity contribution in [3.05, 3.63) is 0 Å². The standard InChI is InChI=1S/C9H16N2O3S/c12-8(4-6-15)10-11-5-2-1-3-7(11)9(13)14/h7,15H,1-6H2,(H,10,12)(H,13,14). The second-order valence-electron chi connectivity index (χ2n) is 3.55. The number of hydrogen-bond donors (Lipinski definition) is 3. The summed E-state index contributed by atoms with van der Waals surface area (Å²) in [6, 6.07) is -0.581. The fourth-order valence-corrected chi connectivity index (χ4v) is 1.84. The Balaban J connectivity index is 2.49. The van der Waals surface area contributed by atoms with Gasteiger partial charge in [0.05, 0.1) is 0 Å². The summed E-state index contributed by atoms with van der Waals surface area (Å²) in [4.78, 5) is 22.2. The fraction of sp³-hybridized carbons (Fsp3) is 0.778. The summed E-state index contributed by atoms with van der Waals surface area (Å²) in [5.41, 5.74) is 2.62. The molecule has 1 saturated heterocycles. The highest BCUT2D eigenvalue weighted by atomic mass is 32.1. The zero-order valence-electron chi connectivity index (χ0n) is 8.48. The summed E-state index contributed by atoms with van der Waals surface area (Å²) < 4.78 is 0. The molecule has 0 radical (unpaired) electrons. The molecule has 1 aliphatic rings. The molecule has 1 heterocycles. The molecule has 0 aromatic heterocycles. The maximum atomic E-state index is 11.3. The predicted molar refractivity (Wildman–Crippen MR) is 58.6 cm³/mol. The number of nitrogens with zero attached hydrogens (tertiary/aromatic N) is 1. The number of hydrazine groups is 1. The third-order valence-corrected chi connectivity index (χ3v) is 2.62. The smallest absolute Gasteiger partial charge is 0.322 e. The Hall–Kier alpha value is -0.750. The van der Waals surface area contributed by atoms with Crippen molar-refractivity contribution in [2.45, 2.75) is 31.7 Å². The van der Waals surface area contributed by atoms with E-state index in [-0.39, 0.29) is 5.91 Å². The molecule has 0 bridgehead atoms. The summed E-state index contributed by atoms with van der Waals surface area (Å²) >= 11 is 3.95. The lowest BCUT2D eigenvalue weighted by Gasteiger charge is -2.32. The Bertz CT molecular complexity index is 248. The minimum Gasteiger partial charge on any atom is -0.480 e. The zero-order chi connectivity index (χ0) is 11.3. The molecular formula is C9H16N2O3S. The van der Waals surface area contributed by atoms with Gasteiger partial charge in [-0.3, -0.25) is 15.0 Å². The van der Waals surface area contributed by atoms with Gasteiger partial charge < -0.3 is 5.11 Å². The molecule has 0 aliphatic carbocycles. The Labute approximate surface area is 94.2 Å². The molecule has 1 fully saturated rings. The van der Waals surface area contributed by atoms with E-state index < -0.39 is 12.0 Å². The van der Waals surface area contributed by atoms with E-state index in [0.717, 1.165) is 12.8 Å². The quantitative estimate of drug-likeness (QED) is 0.609. The van der Waals surface area contributed by atoms with E-state index in [0.29, 0.717) is 25.1 Å². The van der Waals surface area contributed by atoms with Crippen molar-refractivity contribution in [3.63, 3.8) is 0 Å². The Kier molecular flexibility index (Phi) is 4.90. The van der Waals surface area contributed by atoms with Crippen LogP contribution in [0, 0.1) is 0 Å². The van der Waals surface area contributed by atoms with Gasteiger partial charge in [0.25, 0.3) is 0 Å². The molecule has 1 amide bonds. The van der Waals surface area contributed by atoms with Gasteiger partial charge in [-0.05, 0) is 25.0 Å². The van der Waals surface area contributed by atoms with Crippen LogP contribution in [-0.4, -0.2) is 40.3 Å². The van der Waals surface area contributed by atoms with Gasteiger partial charge in [-0.25, -0.2) is 5.01 Å². The van der Waals surface area contributed by atoms with E-state index in [4.69, 9.17) is 5.11 Å². The molecule has 0 saturated carbocycles. The molecule has 2 N–H and O–H groups in total. The summed E-state index contributed by atoms with van der Waals surface area (Å²) in [6.45, 7) is 0.606. The number of hydrogen-bond acceptors (Lipinski definition) is 4. The molecule has 0 spiro atoms. The van der Waals surface area contributed by atoms with Gasteiger partial charge in [0.15, 0.2) is 0 Å². The molecule has 1 aliphatic heterocycles. The second kappa shape index (κ2) is 5.97. The third-order valence-electron chi connectivity index (χ3n) is 2.40. The normalized spacial score (nSPS) is 22.3. The minimum atomic E-state index is -0.874. The SMILES string of the molecule is O=C(CCS)NN1CCCCC1C(=O)O. The van der Waals surface area contributed by atoms with Crippen LogP contribution in [0.4, 0.5) is 0 Å². The van der Waals surface area contributed by atoms with Crippen LogP contribution in [0.25, 0.3) is 0 Å². The van der Waals surface area contributed by atoms with Crippen molar-refractivity contribution in [1.29, 1.82) is 0 Å². The maximum Gasteiger partial charge on any atom is 0.322 e. The van der Waals surface area contributed by atoms with Crippen LogP contribution in [0.3, 0.4) is 0 Å². The lowest BCUT2D eigenvalue weighted by Crippen LogP contribution is -2.54. The van der Waals surface area contributed by atoms with E-state index in [9.17, 15) is 9.59 Å². The molecule has 1 unspecified atom stereocenters. The van der Waals surface area contributed by atoms with Crippen LogP contribution in [0.5, 0.6) is 0 Å². The lowest BCUT2D eigenvalue weighted by atomic mass is 10.0. The van der Waals surface area contributed by atoms with E-state index >= 15 is 0 Å². The van der Waals surface area contributed by atoms with Crippen LogP contribution < -0.4 is 5.43 Å². The van der Waals surface area contributed by atoms with Gasteiger partial charge in [0.2, 0.25) is 5.91 Å². The first kappa shape index (κ1) is 12.3. The van der Waals surface area contributed by atoms with Crippen molar-refractivity contribution in [3.8, 4) is 0 Å². The van der Waals surface area contributed by atoms with Crippen molar-refractivity contribution in [2.24, 2.45) is 0 Å². The van der Waals surface area contributed by atoms with Crippen molar-refractivity contribution in [2.75, 3.05) is 12.3 Å².